The Bertz CT molecular complexity index is 600. The van der Waals surface area contributed by atoms with Crippen molar-refractivity contribution in [3.05, 3.63) is 28.8 Å². The molecule has 0 amide bonds. The quantitative estimate of drug-likeness (QED) is 0.837. The third kappa shape index (κ3) is 5.52. The maximum atomic E-state index is 11.8. The number of halogens is 1. The van der Waals surface area contributed by atoms with E-state index in [2.05, 4.69) is 16.6 Å². The summed E-state index contributed by atoms with van der Waals surface area (Å²) in [4.78, 5) is 0. The molecule has 0 aliphatic rings. The summed E-state index contributed by atoms with van der Waals surface area (Å²) >= 11 is 5.95. The van der Waals surface area contributed by atoms with Crippen LogP contribution >= 0.6 is 11.6 Å². The van der Waals surface area contributed by atoms with Crippen LogP contribution in [0.2, 0.25) is 5.02 Å². The minimum absolute atomic E-state index is 0.0219. The lowest BCUT2D eigenvalue weighted by Gasteiger charge is -2.11. The predicted molar refractivity (Wildman–Crippen MR) is 77.7 cm³/mol. The zero-order chi connectivity index (χ0) is 14.5. The van der Waals surface area contributed by atoms with Crippen LogP contribution in [-0.2, 0) is 10.0 Å². The Balaban J connectivity index is 3.00. The normalized spacial score (nSPS) is 11.0. The van der Waals surface area contributed by atoms with Gasteiger partial charge < -0.3 is 5.11 Å². The van der Waals surface area contributed by atoms with Gasteiger partial charge in [0.1, 0.15) is 6.61 Å². The standard InChI is InChI=1S/C13H16ClNO3S/c1-10(2)9-19(17,18)15-13-8-11(4-3-7-16)5-6-12(13)14/h5-6,8,10,15-16H,7,9H2,1-2H3. The molecule has 1 rings (SSSR count). The first-order valence-electron chi connectivity index (χ1n) is 5.74. The molecule has 0 fully saturated rings. The first-order valence-corrected chi connectivity index (χ1v) is 7.77. The van der Waals surface area contributed by atoms with E-state index in [1.807, 2.05) is 13.8 Å². The summed E-state index contributed by atoms with van der Waals surface area (Å²) in [6.45, 7) is 3.39. The average Bonchev–Trinajstić information content (AvgIpc) is 2.28. The highest BCUT2D eigenvalue weighted by atomic mass is 35.5. The molecule has 0 heterocycles. The number of hydrogen-bond donors (Lipinski definition) is 2. The van der Waals surface area contributed by atoms with Gasteiger partial charge in [0.05, 0.1) is 16.5 Å². The SMILES string of the molecule is CC(C)CS(=O)(=O)Nc1cc(C#CCO)ccc1Cl. The Kier molecular flexibility index (Phi) is 5.67. The molecule has 1 aromatic carbocycles. The summed E-state index contributed by atoms with van der Waals surface area (Å²) in [5.74, 6) is 5.23. The summed E-state index contributed by atoms with van der Waals surface area (Å²) in [6.07, 6.45) is 0. The van der Waals surface area contributed by atoms with Crippen molar-refractivity contribution in [2.45, 2.75) is 13.8 Å². The lowest BCUT2D eigenvalue weighted by atomic mass is 10.2. The number of aliphatic hydroxyl groups is 1. The summed E-state index contributed by atoms with van der Waals surface area (Å²) in [6, 6.07) is 4.77. The van der Waals surface area contributed by atoms with Crippen LogP contribution in [0.25, 0.3) is 0 Å². The van der Waals surface area contributed by atoms with Crippen LogP contribution < -0.4 is 4.72 Å². The van der Waals surface area contributed by atoms with Crippen molar-refractivity contribution in [1.82, 2.24) is 0 Å². The van der Waals surface area contributed by atoms with E-state index < -0.39 is 10.0 Å². The molecule has 0 bridgehead atoms. The van der Waals surface area contributed by atoms with E-state index in [0.29, 0.717) is 16.3 Å². The van der Waals surface area contributed by atoms with Gasteiger partial charge in [-0.25, -0.2) is 8.42 Å². The maximum absolute atomic E-state index is 11.8. The second-order valence-electron chi connectivity index (χ2n) is 4.43. The van der Waals surface area contributed by atoms with Crippen molar-refractivity contribution >= 4 is 27.3 Å². The van der Waals surface area contributed by atoms with E-state index in [0.717, 1.165) is 0 Å². The molecule has 0 saturated carbocycles. The summed E-state index contributed by atoms with van der Waals surface area (Å²) in [7, 11) is -3.43. The second-order valence-corrected chi connectivity index (χ2v) is 6.61. The Morgan fingerprint density at radius 2 is 2.11 bits per heavy atom. The zero-order valence-electron chi connectivity index (χ0n) is 10.8. The molecule has 0 aliphatic carbocycles. The fraction of sp³-hybridized carbons (Fsp3) is 0.385. The molecule has 104 valence electrons. The highest BCUT2D eigenvalue weighted by Gasteiger charge is 2.14. The molecule has 1 aromatic rings. The van der Waals surface area contributed by atoms with Crippen LogP contribution in [0.4, 0.5) is 5.69 Å². The van der Waals surface area contributed by atoms with Gasteiger partial charge in [0.15, 0.2) is 0 Å². The summed E-state index contributed by atoms with van der Waals surface area (Å²) in [5, 5.41) is 8.93. The molecule has 6 heteroatoms. The van der Waals surface area contributed by atoms with Crippen molar-refractivity contribution in [2.24, 2.45) is 5.92 Å². The number of anilines is 1. The molecule has 0 spiro atoms. The topological polar surface area (TPSA) is 66.4 Å². The molecule has 0 saturated heterocycles. The first-order chi connectivity index (χ1) is 8.84. The Labute approximate surface area is 118 Å². The number of nitrogens with one attached hydrogen (secondary N) is 1. The molecule has 2 N–H and O–H groups in total. The highest BCUT2D eigenvalue weighted by molar-refractivity contribution is 7.92. The first kappa shape index (κ1) is 15.8. The van der Waals surface area contributed by atoms with Crippen LogP contribution in [0.15, 0.2) is 18.2 Å². The third-order valence-corrected chi connectivity index (χ3v) is 4.06. The fourth-order valence-electron chi connectivity index (χ4n) is 1.47. The fourth-order valence-corrected chi connectivity index (χ4v) is 3.16. The number of sulfonamides is 1. The van der Waals surface area contributed by atoms with E-state index >= 15 is 0 Å². The van der Waals surface area contributed by atoms with E-state index in [1.165, 1.54) is 0 Å². The van der Waals surface area contributed by atoms with E-state index in [1.54, 1.807) is 18.2 Å². The van der Waals surface area contributed by atoms with Gasteiger partial charge in [-0.05, 0) is 24.1 Å². The molecular weight excluding hydrogens is 286 g/mol. The van der Waals surface area contributed by atoms with E-state index in [9.17, 15) is 8.42 Å². The Morgan fingerprint density at radius 1 is 1.42 bits per heavy atom. The Hall–Kier alpha value is -1.22. The Morgan fingerprint density at radius 3 is 2.68 bits per heavy atom. The second kappa shape index (κ2) is 6.80. The van der Waals surface area contributed by atoms with Crippen molar-refractivity contribution < 1.29 is 13.5 Å². The molecule has 0 atom stereocenters. The highest BCUT2D eigenvalue weighted by Crippen LogP contribution is 2.24. The largest absolute Gasteiger partial charge is 0.384 e. The monoisotopic (exact) mass is 301 g/mol. The molecule has 0 aliphatic heterocycles. The number of benzene rings is 1. The molecule has 19 heavy (non-hydrogen) atoms. The van der Waals surface area contributed by atoms with Gasteiger partial charge in [0.2, 0.25) is 10.0 Å². The van der Waals surface area contributed by atoms with Crippen molar-refractivity contribution in [3.63, 3.8) is 0 Å². The predicted octanol–water partition coefficient (Wildman–Crippen LogP) is 2.08. The van der Waals surface area contributed by atoms with Gasteiger partial charge in [0, 0.05) is 5.56 Å². The van der Waals surface area contributed by atoms with Crippen LogP contribution in [0.5, 0.6) is 0 Å². The van der Waals surface area contributed by atoms with Gasteiger partial charge in [-0.2, -0.15) is 0 Å². The summed E-state index contributed by atoms with van der Waals surface area (Å²) in [5.41, 5.74) is 0.882. The number of hydrogen-bond acceptors (Lipinski definition) is 3. The molecule has 0 aromatic heterocycles. The van der Waals surface area contributed by atoms with Gasteiger partial charge in [-0.15, -0.1) is 0 Å². The van der Waals surface area contributed by atoms with Crippen molar-refractivity contribution in [1.29, 1.82) is 0 Å². The smallest absolute Gasteiger partial charge is 0.233 e. The minimum atomic E-state index is -3.43. The van der Waals surface area contributed by atoms with Crippen LogP contribution in [0.1, 0.15) is 19.4 Å². The molecular formula is C13H16ClNO3S. The van der Waals surface area contributed by atoms with Crippen LogP contribution in [0.3, 0.4) is 0 Å². The summed E-state index contributed by atoms with van der Waals surface area (Å²) < 4.78 is 26.1. The minimum Gasteiger partial charge on any atom is -0.384 e. The van der Waals surface area contributed by atoms with Gasteiger partial charge in [-0.3, -0.25) is 4.72 Å². The zero-order valence-corrected chi connectivity index (χ0v) is 12.3. The van der Waals surface area contributed by atoms with E-state index in [4.69, 9.17) is 16.7 Å². The van der Waals surface area contributed by atoms with Crippen molar-refractivity contribution in [3.8, 4) is 11.8 Å². The lowest BCUT2D eigenvalue weighted by molar-refractivity contribution is 0.350. The number of rotatable bonds is 4. The lowest BCUT2D eigenvalue weighted by Crippen LogP contribution is -2.20. The van der Waals surface area contributed by atoms with Crippen molar-refractivity contribution in [2.75, 3.05) is 17.1 Å². The molecule has 4 nitrogen and oxygen atoms in total. The van der Waals surface area contributed by atoms with Crippen LogP contribution in [0, 0.1) is 17.8 Å². The number of aliphatic hydroxyl groups excluding tert-OH is 1. The molecule has 0 unspecified atom stereocenters. The maximum Gasteiger partial charge on any atom is 0.233 e. The van der Waals surface area contributed by atoms with Gasteiger partial charge in [-0.1, -0.05) is 37.3 Å². The van der Waals surface area contributed by atoms with Gasteiger partial charge >= 0.3 is 0 Å². The third-order valence-electron chi connectivity index (χ3n) is 2.10. The van der Waals surface area contributed by atoms with Crippen LogP contribution in [-0.4, -0.2) is 25.9 Å². The average molecular weight is 302 g/mol. The van der Waals surface area contributed by atoms with Gasteiger partial charge in [0.25, 0.3) is 0 Å². The van der Waals surface area contributed by atoms with E-state index in [-0.39, 0.29) is 18.3 Å². The molecule has 0 radical (unpaired) electrons.